The Morgan fingerprint density at radius 1 is 1.12 bits per heavy atom. The largest absolute Gasteiger partial charge is 0.493 e. The number of allylic oxidation sites excluding steroid dienone is 3. The van der Waals surface area contributed by atoms with Crippen molar-refractivity contribution in [3.8, 4) is 11.5 Å². The lowest BCUT2D eigenvalue weighted by atomic mass is 10.1. The van der Waals surface area contributed by atoms with E-state index >= 15 is 0 Å². The van der Waals surface area contributed by atoms with E-state index in [1.807, 2.05) is 0 Å². The van der Waals surface area contributed by atoms with E-state index in [0.717, 1.165) is 18.2 Å². The zero-order valence-electron chi connectivity index (χ0n) is 14.7. The highest BCUT2D eigenvalue weighted by Crippen LogP contribution is 2.31. The van der Waals surface area contributed by atoms with E-state index < -0.39 is 0 Å². The van der Waals surface area contributed by atoms with Crippen molar-refractivity contribution in [3.63, 3.8) is 0 Å². The molecule has 0 spiro atoms. The van der Waals surface area contributed by atoms with Crippen LogP contribution in [0.1, 0.15) is 33.6 Å². The van der Waals surface area contributed by atoms with Crippen molar-refractivity contribution in [1.29, 1.82) is 0 Å². The first-order valence-electron chi connectivity index (χ1n) is 8.03. The number of ether oxygens (including phenoxy) is 2. The van der Waals surface area contributed by atoms with Gasteiger partial charge in [0, 0.05) is 17.5 Å². The quantitative estimate of drug-likeness (QED) is 0.537. The van der Waals surface area contributed by atoms with Crippen LogP contribution >= 0.6 is 0 Å². The molecule has 0 amide bonds. The van der Waals surface area contributed by atoms with Gasteiger partial charge in [-0.05, 0) is 51.8 Å². The summed E-state index contributed by atoms with van der Waals surface area (Å²) in [6, 6.07) is 6.60. The number of methoxy groups -OCH3 is 1. The number of hydrogen-bond donors (Lipinski definition) is 0. The van der Waals surface area contributed by atoms with Crippen LogP contribution in [0.4, 0.5) is 0 Å². The van der Waals surface area contributed by atoms with Crippen LogP contribution in [-0.4, -0.2) is 13.7 Å². The summed E-state index contributed by atoms with van der Waals surface area (Å²) < 4.78 is 16.3. The van der Waals surface area contributed by atoms with Crippen molar-refractivity contribution in [2.75, 3.05) is 13.7 Å². The predicted molar refractivity (Wildman–Crippen MR) is 97.0 cm³/mol. The summed E-state index contributed by atoms with van der Waals surface area (Å²) in [4.78, 5) is 11.3. The molecule has 0 fully saturated rings. The molecule has 24 heavy (non-hydrogen) atoms. The number of hydrogen-bond acceptors (Lipinski definition) is 4. The van der Waals surface area contributed by atoms with Crippen LogP contribution < -0.4 is 15.1 Å². The van der Waals surface area contributed by atoms with Gasteiger partial charge in [-0.15, -0.1) is 0 Å². The van der Waals surface area contributed by atoms with E-state index in [1.165, 1.54) is 17.2 Å². The van der Waals surface area contributed by atoms with Crippen LogP contribution in [0.3, 0.4) is 0 Å². The Bertz CT molecular complexity index is 808. The maximum atomic E-state index is 11.3. The fourth-order valence-electron chi connectivity index (χ4n) is 2.31. The summed E-state index contributed by atoms with van der Waals surface area (Å²) in [5.74, 6) is 1.18. The maximum absolute atomic E-state index is 11.3. The Morgan fingerprint density at radius 3 is 2.62 bits per heavy atom. The van der Waals surface area contributed by atoms with Crippen LogP contribution in [0.2, 0.25) is 0 Å². The van der Waals surface area contributed by atoms with Crippen LogP contribution in [0.15, 0.2) is 56.8 Å². The first-order valence-corrected chi connectivity index (χ1v) is 8.03. The first-order chi connectivity index (χ1) is 11.5. The average Bonchev–Trinajstić information content (AvgIpc) is 2.53. The fourth-order valence-corrected chi connectivity index (χ4v) is 2.31. The Morgan fingerprint density at radius 2 is 1.92 bits per heavy atom. The molecule has 2 aromatic rings. The van der Waals surface area contributed by atoms with E-state index in [-0.39, 0.29) is 5.63 Å². The summed E-state index contributed by atoms with van der Waals surface area (Å²) in [5.41, 5.74) is 2.72. The molecule has 1 aromatic carbocycles. The lowest BCUT2D eigenvalue weighted by Crippen LogP contribution is -1.99. The molecule has 0 atom stereocenters. The molecule has 128 valence electrons. The topological polar surface area (TPSA) is 48.7 Å². The minimum atomic E-state index is -0.381. The van der Waals surface area contributed by atoms with Gasteiger partial charge in [0.25, 0.3) is 0 Å². The Labute approximate surface area is 142 Å². The Kier molecular flexibility index (Phi) is 6.24. The van der Waals surface area contributed by atoms with Gasteiger partial charge in [-0.3, -0.25) is 0 Å². The predicted octanol–water partition coefficient (Wildman–Crippen LogP) is 4.87. The van der Waals surface area contributed by atoms with Crippen molar-refractivity contribution in [2.24, 2.45) is 0 Å². The van der Waals surface area contributed by atoms with Crippen molar-refractivity contribution >= 4 is 11.0 Å². The highest BCUT2D eigenvalue weighted by molar-refractivity contribution is 5.80. The molecule has 0 radical (unpaired) electrons. The molecule has 4 nitrogen and oxygen atoms in total. The van der Waals surface area contributed by atoms with E-state index in [1.54, 1.807) is 25.3 Å². The molecule has 2 rings (SSSR count). The van der Waals surface area contributed by atoms with Gasteiger partial charge < -0.3 is 13.9 Å². The Balaban J connectivity index is 2.08. The minimum Gasteiger partial charge on any atom is -0.493 e. The molecule has 0 aliphatic rings. The van der Waals surface area contributed by atoms with E-state index in [9.17, 15) is 4.79 Å². The van der Waals surface area contributed by atoms with Crippen molar-refractivity contribution < 1.29 is 13.9 Å². The number of rotatable bonds is 7. The molecule has 0 saturated carbocycles. The summed E-state index contributed by atoms with van der Waals surface area (Å²) in [6.45, 7) is 6.75. The average molecular weight is 328 g/mol. The zero-order chi connectivity index (χ0) is 17.5. The second kappa shape index (κ2) is 8.39. The van der Waals surface area contributed by atoms with Crippen LogP contribution in [0.5, 0.6) is 11.5 Å². The third-order valence-electron chi connectivity index (χ3n) is 3.67. The monoisotopic (exact) mass is 328 g/mol. The number of benzene rings is 1. The first kappa shape index (κ1) is 17.9. The molecule has 1 heterocycles. The molecular weight excluding hydrogens is 304 g/mol. The zero-order valence-corrected chi connectivity index (χ0v) is 14.7. The summed E-state index contributed by atoms with van der Waals surface area (Å²) >= 11 is 0. The van der Waals surface area contributed by atoms with E-state index in [2.05, 4.69) is 32.9 Å². The highest BCUT2D eigenvalue weighted by atomic mass is 16.5. The highest BCUT2D eigenvalue weighted by Gasteiger charge is 2.08. The molecular formula is C20H24O4. The summed E-state index contributed by atoms with van der Waals surface area (Å²) in [6.07, 6.45) is 6.34. The Hall–Kier alpha value is -2.49. The molecule has 4 heteroatoms. The minimum absolute atomic E-state index is 0.381. The summed E-state index contributed by atoms with van der Waals surface area (Å²) in [7, 11) is 1.59. The molecule has 1 aromatic heterocycles. The summed E-state index contributed by atoms with van der Waals surface area (Å²) in [5, 5.41) is 0.798. The second-order valence-electron chi connectivity index (χ2n) is 5.98. The lowest BCUT2D eigenvalue weighted by molar-refractivity contribution is 0.325. The smallest absolute Gasteiger partial charge is 0.336 e. The van der Waals surface area contributed by atoms with Crippen molar-refractivity contribution in [1.82, 2.24) is 0 Å². The fraction of sp³-hybridized carbons (Fsp3) is 0.350. The standard InChI is InChI=1S/C20H24O4/c1-14(2)6-5-7-15(3)10-11-23-19-13-17-16(12-18(19)22-4)8-9-20(21)24-17/h6,8-10,12-13H,5,7,11H2,1-4H3/b15-10+. The third kappa shape index (κ3) is 5.01. The maximum Gasteiger partial charge on any atom is 0.336 e. The normalized spacial score (nSPS) is 11.4. The van der Waals surface area contributed by atoms with E-state index in [0.29, 0.717) is 23.7 Å². The second-order valence-corrected chi connectivity index (χ2v) is 5.98. The SMILES string of the molecule is COc1cc2ccc(=O)oc2cc1OC/C=C(\C)CCC=C(C)C. The van der Waals surface area contributed by atoms with Crippen molar-refractivity contribution in [2.45, 2.75) is 33.6 Å². The lowest BCUT2D eigenvalue weighted by Gasteiger charge is -2.10. The van der Waals surface area contributed by atoms with Crippen molar-refractivity contribution in [3.05, 3.63) is 58.0 Å². The molecule has 0 aliphatic carbocycles. The van der Waals surface area contributed by atoms with Crippen LogP contribution in [0.25, 0.3) is 11.0 Å². The van der Waals surface area contributed by atoms with Gasteiger partial charge in [0.1, 0.15) is 12.2 Å². The third-order valence-corrected chi connectivity index (χ3v) is 3.67. The van der Waals surface area contributed by atoms with Gasteiger partial charge in [0.05, 0.1) is 7.11 Å². The van der Waals surface area contributed by atoms with Gasteiger partial charge in [0.2, 0.25) is 0 Å². The van der Waals surface area contributed by atoms with Gasteiger partial charge in [-0.25, -0.2) is 4.79 Å². The van der Waals surface area contributed by atoms with E-state index in [4.69, 9.17) is 13.9 Å². The molecule has 0 N–H and O–H groups in total. The van der Waals surface area contributed by atoms with Gasteiger partial charge in [0.15, 0.2) is 11.5 Å². The van der Waals surface area contributed by atoms with Gasteiger partial charge >= 0.3 is 5.63 Å². The molecule has 0 bridgehead atoms. The van der Waals surface area contributed by atoms with Gasteiger partial charge in [-0.1, -0.05) is 17.2 Å². The molecule has 0 saturated heterocycles. The van der Waals surface area contributed by atoms with Gasteiger partial charge in [-0.2, -0.15) is 0 Å². The number of fused-ring (bicyclic) bond motifs is 1. The molecule has 0 unspecified atom stereocenters. The van der Waals surface area contributed by atoms with Crippen LogP contribution in [0, 0.1) is 0 Å². The van der Waals surface area contributed by atoms with Crippen LogP contribution in [-0.2, 0) is 0 Å². The molecule has 0 aliphatic heterocycles.